The Morgan fingerprint density at radius 1 is 1.09 bits per heavy atom. The van der Waals surface area contributed by atoms with Crippen molar-refractivity contribution in [1.82, 2.24) is 0 Å². The van der Waals surface area contributed by atoms with Gasteiger partial charge in [0.15, 0.2) is 29.4 Å². The first-order valence-corrected chi connectivity index (χ1v) is 15.0. The third kappa shape index (κ3) is 4.28. The van der Waals surface area contributed by atoms with Gasteiger partial charge in [0.1, 0.15) is 6.61 Å². The highest BCUT2D eigenvalue weighted by Gasteiger charge is 2.80. The van der Waals surface area contributed by atoms with E-state index in [0.29, 0.717) is 31.4 Å². The van der Waals surface area contributed by atoms with Crippen LogP contribution in [0.4, 0.5) is 9.18 Å². The Morgan fingerprint density at radius 2 is 1.79 bits per heavy atom. The first-order chi connectivity index (χ1) is 20.2. The van der Waals surface area contributed by atoms with E-state index < -0.39 is 64.6 Å². The average molecular weight is 598 g/mol. The Bertz CT molecular complexity index is 1410. The van der Waals surface area contributed by atoms with Gasteiger partial charge in [-0.3, -0.25) is 9.59 Å². The number of aliphatic hydroxyl groups is 1. The van der Waals surface area contributed by atoms with Crippen LogP contribution in [-0.2, 0) is 41.7 Å². The van der Waals surface area contributed by atoms with Crippen LogP contribution in [0.25, 0.3) is 0 Å². The third-order valence-corrected chi connectivity index (χ3v) is 11.0. The zero-order valence-corrected chi connectivity index (χ0v) is 25.1. The summed E-state index contributed by atoms with van der Waals surface area (Å²) < 4.78 is 40.8. The molecule has 232 valence electrons. The summed E-state index contributed by atoms with van der Waals surface area (Å²) in [7, 11) is 0. The van der Waals surface area contributed by atoms with Gasteiger partial charge in [0.25, 0.3) is 0 Å². The highest BCUT2D eigenvalue weighted by atomic mass is 19.1. The quantitative estimate of drug-likeness (QED) is 0.462. The minimum atomic E-state index is -2.06. The molecule has 4 aliphatic carbocycles. The molecule has 6 rings (SSSR count). The van der Waals surface area contributed by atoms with Crippen molar-refractivity contribution < 1.29 is 42.8 Å². The van der Waals surface area contributed by atoms with Gasteiger partial charge >= 0.3 is 6.16 Å². The van der Waals surface area contributed by atoms with Crippen LogP contribution in [0.1, 0.15) is 64.5 Å². The fourth-order valence-corrected chi connectivity index (χ4v) is 9.00. The summed E-state index contributed by atoms with van der Waals surface area (Å²) in [6.07, 6.45) is 2.47. The number of fused-ring (bicyclic) bond motifs is 7. The van der Waals surface area contributed by atoms with E-state index in [0.717, 1.165) is 11.1 Å². The molecule has 1 saturated heterocycles. The van der Waals surface area contributed by atoms with Gasteiger partial charge in [-0.25, -0.2) is 9.18 Å². The highest BCUT2D eigenvalue weighted by molar-refractivity contribution is 6.01. The summed E-state index contributed by atoms with van der Waals surface area (Å²) in [6, 6.07) is 7.25. The summed E-state index contributed by atoms with van der Waals surface area (Å²) in [5.41, 5.74) is 2.18. The topological polar surface area (TPSA) is 134 Å². The number of nitrogens with two attached hydrogens (primary N) is 1. The van der Waals surface area contributed by atoms with E-state index in [4.69, 9.17) is 24.7 Å². The van der Waals surface area contributed by atoms with Crippen LogP contribution in [0.5, 0.6) is 0 Å². The van der Waals surface area contributed by atoms with Gasteiger partial charge in [-0.2, -0.15) is 0 Å². The van der Waals surface area contributed by atoms with E-state index >= 15 is 4.39 Å². The predicted molar refractivity (Wildman–Crippen MR) is 152 cm³/mol. The fraction of sp³-hybridized carbons (Fsp3) is 0.606. The second kappa shape index (κ2) is 10.1. The molecular weight excluding hydrogens is 557 g/mol. The molecule has 0 bridgehead atoms. The molecule has 3 saturated carbocycles. The second-order valence-corrected chi connectivity index (χ2v) is 13.6. The Hall–Kier alpha value is -2.92. The monoisotopic (exact) mass is 597 g/mol. The van der Waals surface area contributed by atoms with Gasteiger partial charge < -0.3 is 29.8 Å². The van der Waals surface area contributed by atoms with Crippen molar-refractivity contribution in [2.24, 2.45) is 28.4 Å². The molecule has 1 aliphatic heterocycles. The lowest BCUT2D eigenvalue weighted by Crippen LogP contribution is -2.70. The van der Waals surface area contributed by atoms with Crippen LogP contribution >= 0.6 is 0 Å². The number of ketones is 2. The molecule has 5 aliphatic rings. The average Bonchev–Trinajstić information content (AvgIpc) is 3.37. The van der Waals surface area contributed by atoms with E-state index in [1.165, 1.54) is 12.2 Å². The molecule has 1 heterocycles. The molecule has 1 aromatic rings. The Labute approximate surface area is 250 Å². The minimum Gasteiger partial charge on any atom is -0.429 e. The maximum atomic E-state index is 17.5. The normalized spacial score (nSPS) is 40.5. The zero-order chi connectivity index (χ0) is 31.0. The van der Waals surface area contributed by atoms with E-state index in [1.54, 1.807) is 39.0 Å². The minimum absolute atomic E-state index is 0.0419. The molecule has 0 amide bonds. The van der Waals surface area contributed by atoms with E-state index in [9.17, 15) is 19.5 Å². The number of hydrogen-bond acceptors (Lipinski definition) is 9. The number of rotatable bonds is 6. The Morgan fingerprint density at radius 3 is 2.49 bits per heavy atom. The molecule has 0 spiro atoms. The fourth-order valence-electron chi connectivity index (χ4n) is 9.00. The number of hydrogen-bond donors (Lipinski definition) is 2. The summed E-state index contributed by atoms with van der Waals surface area (Å²) in [4.78, 5) is 38.8. The number of benzene rings is 1. The van der Waals surface area contributed by atoms with Crippen molar-refractivity contribution in [2.75, 3.05) is 6.61 Å². The van der Waals surface area contributed by atoms with Crippen molar-refractivity contribution in [2.45, 2.75) is 95.8 Å². The summed E-state index contributed by atoms with van der Waals surface area (Å²) in [6.45, 7) is 6.77. The predicted octanol–water partition coefficient (Wildman–Crippen LogP) is 4.24. The number of allylic oxidation sites excluding steroid dienone is 4. The van der Waals surface area contributed by atoms with Crippen molar-refractivity contribution in [3.8, 4) is 0 Å². The van der Waals surface area contributed by atoms with E-state index in [2.05, 4.69) is 0 Å². The van der Waals surface area contributed by atoms with Gasteiger partial charge in [0.05, 0.1) is 12.2 Å². The molecule has 8 atom stereocenters. The maximum absolute atomic E-state index is 17.5. The smallest absolute Gasteiger partial charge is 0.429 e. The first kappa shape index (κ1) is 30.1. The van der Waals surface area contributed by atoms with Gasteiger partial charge in [0.2, 0.25) is 5.78 Å². The lowest BCUT2D eigenvalue weighted by atomic mass is 9.44. The standard InChI is InChI=1S/C33H40FNO8/c1-29(2)42-27-14-24-23-10-9-21-13-22(36)11-12-30(21,3)32(23,34)25(37)15-31(24,4)33(27,43-29)26(38)18-41-28(39)40-17-20-7-5-19(16-35)6-8-20/h5-8,11-13,23-25,27,37H,9-10,14-18,35H2,1-4H3/t23-,24-,25-,27+,30-,31-,32-,33+/m0/s1. The number of carbonyl (C=O) groups excluding carboxylic acids is 3. The first-order valence-electron chi connectivity index (χ1n) is 15.0. The highest BCUT2D eigenvalue weighted by Crippen LogP contribution is 2.72. The molecule has 43 heavy (non-hydrogen) atoms. The molecular formula is C33H40FNO8. The van der Waals surface area contributed by atoms with Gasteiger partial charge in [-0.05, 0) is 75.7 Å². The summed E-state index contributed by atoms with van der Waals surface area (Å²) >= 11 is 0. The maximum Gasteiger partial charge on any atom is 0.509 e. The van der Waals surface area contributed by atoms with E-state index in [-0.39, 0.29) is 24.7 Å². The van der Waals surface area contributed by atoms with Crippen molar-refractivity contribution in [3.63, 3.8) is 0 Å². The molecule has 1 aromatic carbocycles. The van der Waals surface area contributed by atoms with Crippen molar-refractivity contribution in [1.29, 1.82) is 0 Å². The zero-order valence-electron chi connectivity index (χ0n) is 25.1. The van der Waals surface area contributed by atoms with Crippen LogP contribution in [0.3, 0.4) is 0 Å². The largest absolute Gasteiger partial charge is 0.509 e. The number of alkyl halides is 1. The molecule has 10 heteroatoms. The molecule has 0 unspecified atom stereocenters. The second-order valence-electron chi connectivity index (χ2n) is 13.6. The molecule has 9 nitrogen and oxygen atoms in total. The van der Waals surface area contributed by atoms with Crippen molar-refractivity contribution >= 4 is 17.7 Å². The summed E-state index contributed by atoms with van der Waals surface area (Å²) in [5, 5.41) is 11.7. The van der Waals surface area contributed by atoms with Crippen LogP contribution in [0, 0.1) is 22.7 Å². The summed E-state index contributed by atoms with van der Waals surface area (Å²) in [5.74, 6) is -2.82. The Balaban J connectivity index is 1.24. The van der Waals surface area contributed by atoms with Gasteiger partial charge in [-0.1, -0.05) is 42.8 Å². The van der Waals surface area contributed by atoms with Gasteiger partial charge in [-0.15, -0.1) is 0 Å². The van der Waals surface area contributed by atoms with Crippen LogP contribution in [-0.4, -0.2) is 58.7 Å². The number of carbonyl (C=O) groups is 3. The lowest BCUT2D eigenvalue weighted by Gasteiger charge is -2.62. The van der Waals surface area contributed by atoms with E-state index in [1.807, 2.05) is 19.1 Å². The lowest BCUT2D eigenvalue weighted by molar-refractivity contribution is -0.246. The van der Waals surface area contributed by atoms with Crippen LogP contribution < -0.4 is 5.73 Å². The Kier molecular flexibility index (Phi) is 7.04. The SMILES string of the molecule is CC1(C)O[C@@H]2C[C@H]3[C@@H]4CCC5=CC(=O)C=C[C@]5(C)[C@@]4(F)[C@@H](O)C[C@]3(C)[C@]2(C(=O)COC(=O)OCc2ccc(CN)cc2)O1. The molecule has 4 fully saturated rings. The van der Waals surface area contributed by atoms with Gasteiger partial charge in [0, 0.05) is 23.3 Å². The number of aliphatic hydroxyl groups excluding tert-OH is 1. The van der Waals surface area contributed by atoms with Crippen molar-refractivity contribution in [3.05, 3.63) is 59.2 Å². The van der Waals surface area contributed by atoms with Crippen LogP contribution in [0.15, 0.2) is 48.1 Å². The van der Waals surface area contributed by atoms with Crippen LogP contribution in [0.2, 0.25) is 0 Å². The molecule has 0 aromatic heterocycles. The molecule has 3 N–H and O–H groups in total. The number of Topliss-reactive ketones (excluding diaryl/α,β-unsaturated/α-hetero) is 1. The third-order valence-electron chi connectivity index (χ3n) is 11.0. The number of halogens is 1. The molecule has 0 radical (unpaired) electrons. The number of ether oxygens (including phenoxy) is 4.